The number of nitrogens with two attached hydrogens (primary N) is 1. The van der Waals surface area contributed by atoms with Gasteiger partial charge in [-0.1, -0.05) is 18.6 Å². The highest BCUT2D eigenvalue weighted by atomic mass is 16.5. The minimum atomic E-state index is -0.657. The first-order chi connectivity index (χ1) is 15.5. The third-order valence-electron chi connectivity index (χ3n) is 5.88. The first-order valence-electron chi connectivity index (χ1n) is 11.5. The van der Waals surface area contributed by atoms with Crippen LogP contribution in [0.5, 0.6) is 5.75 Å². The fourth-order valence-electron chi connectivity index (χ4n) is 4.28. The molecule has 1 saturated heterocycles. The number of esters is 1. The lowest BCUT2D eigenvalue weighted by Crippen LogP contribution is -2.30. The van der Waals surface area contributed by atoms with Crippen LogP contribution in [0, 0.1) is 11.3 Å². The minimum absolute atomic E-state index is 0.00656. The minimum Gasteiger partial charge on any atom is -0.494 e. The number of carbonyl (C=O) groups excluding carboxylic acids is 1. The van der Waals surface area contributed by atoms with Gasteiger partial charge in [-0.15, -0.1) is 0 Å². The highest BCUT2D eigenvalue weighted by molar-refractivity contribution is 5.92. The van der Waals surface area contributed by atoms with E-state index in [1.807, 2.05) is 24.3 Å². The van der Waals surface area contributed by atoms with Crippen LogP contribution in [0.3, 0.4) is 0 Å². The quantitative estimate of drug-likeness (QED) is 0.459. The van der Waals surface area contributed by atoms with E-state index in [0.29, 0.717) is 18.1 Å². The Kier molecular flexibility index (Phi) is 8.57. The number of allylic oxidation sites excluding steroid dienone is 2. The summed E-state index contributed by atoms with van der Waals surface area (Å²) in [5, 5.41) is 9.71. The van der Waals surface area contributed by atoms with Gasteiger partial charge in [0.05, 0.1) is 24.7 Å². The second kappa shape index (κ2) is 11.6. The fourth-order valence-corrected chi connectivity index (χ4v) is 4.28. The second-order valence-corrected chi connectivity index (χ2v) is 8.15. The molecule has 0 aliphatic carbocycles. The van der Waals surface area contributed by atoms with Gasteiger partial charge < -0.3 is 24.8 Å². The van der Waals surface area contributed by atoms with E-state index in [-0.39, 0.29) is 23.6 Å². The van der Waals surface area contributed by atoms with Gasteiger partial charge in [-0.05, 0) is 76.9 Å². The lowest BCUT2D eigenvalue weighted by Gasteiger charge is -2.27. The van der Waals surface area contributed by atoms with Crippen molar-refractivity contribution in [2.75, 3.05) is 32.8 Å². The molecule has 1 aromatic carbocycles. The van der Waals surface area contributed by atoms with Gasteiger partial charge in [-0.2, -0.15) is 5.26 Å². The number of hydrogen-bond acceptors (Lipinski definition) is 7. The lowest BCUT2D eigenvalue weighted by atomic mass is 9.83. The summed E-state index contributed by atoms with van der Waals surface area (Å²) in [6.45, 7) is 7.78. The highest BCUT2D eigenvalue weighted by Crippen LogP contribution is 2.40. The smallest absolute Gasteiger partial charge is 0.338 e. The molecule has 0 bridgehead atoms. The monoisotopic (exact) mass is 439 g/mol. The zero-order valence-corrected chi connectivity index (χ0v) is 19.1. The molecule has 32 heavy (non-hydrogen) atoms. The summed E-state index contributed by atoms with van der Waals surface area (Å²) in [7, 11) is 0. The van der Waals surface area contributed by atoms with Crippen LogP contribution in [0.4, 0.5) is 0 Å². The average Bonchev–Trinajstić information content (AvgIpc) is 2.79. The number of carbonyl (C=O) groups is 1. The summed E-state index contributed by atoms with van der Waals surface area (Å²) >= 11 is 0. The fraction of sp³-hybridized carbons (Fsp3) is 0.520. The summed E-state index contributed by atoms with van der Waals surface area (Å²) in [5.74, 6) is -0.125. The standard InChI is InChI=1S/C25H33N3O4/c1-3-30-25(29)22-18(2)32-24(27)21(17-26)23(22)19-10-9-11-20(16-19)31-15-8-7-14-28-12-5-4-6-13-28/h9-11,16,23H,3-8,12-15,27H2,1-2H3. The van der Waals surface area contributed by atoms with Gasteiger partial charge in [0.2, 0.25) is 5.88 Å². The van der Waals surface area contributed by atoms with Gasteiger partial charge >= 0.3 is 5.97 Å². The molecule has 2 aliphatic rings. The van der Waals surface area contributed by atoms with E-state index in [9.17, 15) is 10.1 Å². The largest absolute Gasteiger partial charge is 0.494 e. The van der Waals surface area contributed by atoms with Crippen LogP contribution in [-0.4, -0.2) is 43.7 Å². The Labute approximate surface area is 190 Å². The number of hydrogen-bond donors (Lipinski definition) is 1. The predicted molar refractivity (Wildman–Crippen MR) is 121 cm³/mol. The van der Waals surface area contributed by atoms with Crippen LogP contribution < -0.4 is 10.5 Å². The van der Waals surface area contributed by atoms with E-state index in [2.05, 4.69) is 11.0 Å². The third-order valence-corrected chi connectivity index (χ3v) is 5.88. The lowest BCUT2D eigenvalue weighted by molar-refractivity contribution is -0.139. The molecule has 1 aromatic rings. The van der Waals surface area contributed by atoms with E-state index in [0.717, 1.165) is 24.9 Å². The van der Waals surface area contributed by atoms with Crippen LogP contribution >= 0.6 is 0 Å². The highest BCUT2D eigenvalue weighted by Gasteiger charge is 2.36. The van der Waals surface area contributed by atoms with E-state index < -0.39 is 11.9 Å². The van der Waals surface area contributed by atoms with E-state index in [1.54, 1.807) is 13.8 Å². The topological polar surface area (TPSA) is 97.8 Å². The van der Waals surface area contributed by atoms with Crippen molar-refractivity contribution in [3.05, 3.63) is 52.6 Å². The third kappa shape index (κ3) is 5.83. The van der Waals surface area contributed by atoms with Crippen molar-refractivity contribution < 1.29 is 19.0 Å². The molecule has 0 amide bonds. The first-order valence-corrected chi connectivity index (χ1v) is 11.5. The zero-order chi connectivity index (χ0) is 22.9. The number of nitrogens with zero attached hydrogens (tertiary/aromatic N) is 2. The molecular formula is C25H33N3O4. The maximum atomic E-state index is 12.7. The van der Waals surface area contributed by atoms with Crippen molar-refractivity contribution in [3.8, 4) is 11.8 Å². The van der Waals surface area contributed by atoms with E-state index >= 15 is 0 Å². The molecular weight excluding hydrogens is 406 g/mol. The summed E-state index contributed by atoms with van der Waals surface area (Å²) in [6, 6.07) is 9.56. The first kappa shape index (κ1) is 23.7. The number of unbranched alkanes of at least 4 members (excludes halogenated alkanes) is 1. The summed E-state index contributed by atoms with van der Waals surface area (Å²) in [6.07, 6.45) is 6.04. The van der Waals surface area contributed by atoms with Gasteiger partial charge in [0.25, 0.3) is 0 Å². The van der Waals surface area contributed by atoms with Gasteiger partial charge in [0.1, 0.15) is 23.2 Å². The van der Waals surface area contributed by atoms with E-state index in [1.165, 1.54) is 32.4 Å². The molecule has 2 aliphatic heterocycles. The number of ether oxygens (including phenoxy) is 3. The Hall–Kier alpha value is -2.98. The Morgan fingerprint density at radius 1 is 1.28 bits per heavy atom. The van der Waals surface area contributed by atoms with Gasteiger partial charge in [-0.3, -0.25) is 0 Å². The summed E-state index contributed by atoms with van der Waals surface area (Å²) in [4.78, 5) is 15.2. The predicted octanol–water partition coefficient (Wildman–Crippen LogP) is 3.98. The van der Waals surface area contributed by atoms with Crippen molar-refractivity contribution >= 4 is 5.97 Å². The number of benzene rings is 1. The molecule has 3 rings (SSSR count). The Bertz CT molecular complexity index is 910. The molecule has 7 heteroatoms. The summed E-state index contributed by atoms with van der Waals surface area (Å²) in [5.41, 5.74) is 7.19. The molecule has 1 atom stereocenters. The molecule has 0 radical (unpaired) electrons. The summed E-state index contributed by atoms with van der Waals surface area (Å²) < 4.78 is 16.7. The van der Waals surface area contributed by atoms with Crippen molar-refractivity contribution in [1.29, 1.82) is 5.26 Å². The van der Waals surface area contributed by atoms with Crippen LogP contribution in [0.25, 0.3) is 0 Å². The Morgan fingerprint density at radius 2 is 2.06 bits per heavy atom. The van der Waals surface area contributed by atoms with E-state index in [4.69, 9.17) is 19.9 Å². The van der Waals surface area contributed by atoms with Crippen LogP contribution in [0.1, 0.15) is 57.4 Å². The molecule has 0 saturated carbocycles. The molecule has 2 N–H and O–H groups in total. The van der Waals surface area contributed by atoms with Crippen LogP contribution in [0.15, 0.2) is 47.1 Å². The molecule has 0 spiro atoms. The number of likely N-dealkylation sites (tertiary alicyclic amines) is 1. The molecule has 0 aromatic heterocycles. The normalized spacial score (nSPS) is 19.3. The Balaban J connectivity index is 1.68. The van der Waals surface area contributed by atoms with Gasteiger partial charge in [-0.25, -0.2) is 4.79 Å². The van der Waals surface area contributed by atoms with Crippen molar-refractivity contribution in [3.63, 3.8) is 0 Å². The van der Waals surface area contributed by atoms with Crippen LogP contribution in [-0.2, 0) is 14.3 Å². The maximum absolute atomic E-state index is 12.7. The number of piperidine rings is 1. The molecule has 1 fully saturated rings. The molecule has 172 valence electrons. The van der Waals surface area contributed by atoms with Crippen molar-refractivity contribution in [1.82, 2.24) is 4.90 Å². The SMILES string of the molecule is CCOC(=O)C1=C(C)OC(N)=C(C#N)C1c1cccc(OCCCCN2CCCCC2)c1. The second-order valence-electron chi connectivity index (χ2n) is 8.15. The molecule has 2 heterocycles. The van der Waals surface area contributed by atoms with Crippen molar-refractivity contribution in [2.24, 2.45) is 5.73 Å². The maximum Gasteiger partial charge on any atom is 0.338 e. The molecule has 7 nitrogen and oxygen atoms in total. The number of nitriles is 1. The number of rotatable bonds is 9. The van der Waals surface area contributed by atoms with Gasteiger partial charge in [0, 0.05) is 0 Å². The average molecular weight is 440 g/mol. The molecule has 1 unspecified atom stereocenters. The van der Waals surface area contributed by atoms with Crippen LogP contribution in [0.2, 0.25) is 0 Å². The van der Waals surface area contributed by atoms with Gasteiger partial charge in [0.15, 0.2) is 0 Å². The van der Waals surface area contributed by atoms with Crippen molar-refractivity contribution in [2.45, 2.75) is 51.9 Å². The Morgan fingerprint density at radius 3 is 2.78 bits per heavy atom. The zero-order valence-electron chi connectivity index (χ0n) is 19.1.